The van der Waals surface area contributed by atoms with E-state index in [0.717, 1.165) is 0 Å². The summed E-state index contributed by atoms with van der Waals surface area (Å²) in [6.07, 6.45) is 0. The molecule has 7 nitrogen and oxygen atoms in total. The fourth-order valence-electron chi connectivity index (χ4n) is 1.95. The Morgan fingerprint density at radius 1 is 0.826 bits per heavy atom. The summed E-state index contributed by atoms with van der Waals surface area (Å²) in [5, 5.41) is 5.46. The van der Waals surface area contributed by atoms with Gasteiger partial charge in [0.2, 0.25) is 11.8 Å². The van der Waals surface area contributed by atoms with Crippen LogP contribution in [0.15, 0.2) is 18.2 Å². The molecule has 7 heteroatoms. The molecule has 0 atom stereocenters. The van der Waals surface area contributed by atoms with Crippen LogP contribution >= 0.6 is 0 Å². The van der Waals surface area contributed by atoms with Crippen LogP contribution in [-0.4, -0.2) is 68.7 Å². The molecule has 0 radical (unpaired) electrons. The Balaban J connectivity index is 2.96. The van der Waals surface area contributed by atoms with Gasteiger partial charge in [-0.1, -0.05) is 0 Å². The molecule has 0 spiro atoms. The number of likely N-dealkylation sites (N-methyl/N-ethyl adjacent to an activating group) is 2. The lowest BCUT2D eigenvalue weighted by molar-refractivity contribution is -0.117. The summed E-state index contributed by atoms with van der Waals surface area (Å²) >= 11 is 0. The minimum absolute atomic E-state index is 0.142. The van der Waals surface area contributed by atoms with E-state index in [2.05, 4.69) is 10.6 Å². The van der Waals surface area contributed by atoms with Crippen molar-refractivity contribution in [2.75, 3.05) is 51.9 Å². The molecule has 0 saturated heterocycles. The Bertz CT molecular complexity index is 555. The molecule has 23 heavy (non-hydrogen) atoms. The van der Waals surface area contributed by atoms with Crippen molar-refractivity contribution in [2.45, 2.75) is 6.92 Å². The second-order valence-corrected chi connectivity index (χ2v) is 5.93. The predicted octanol–water partition coefficient (Wildman–Crippen LogP) is 0.889. The number of carbonyl (C=O) groups is 3. The normalized spacial score (nSPS) is 10.7. The van der Waals surface area contributed by atoms with Gasteiger partial charge in [0, 0.05) is 16.9 Å². The summed E-state index contributed by atoms with van der Waals surface area (Å²) in [6.45, 7) is 1.89. The van der Waals surface area contributed by atoms with Gasteiger partial charge in [-0.05, 0) is 53.3 Å². The van der Waals surface area contributed by atoms with Crippen molar-refractivity contribution >= 4 is 29.0 Å². The van der Waals surface area contributed by atoms with Gasteiger partial charge in [0.1, 0.15) is 0 Å². The third-order valence-corrected chi connectivity index (χ3v) is 2.83. The highest BCUT2D eigenvalue weighted by Gasteiger charge is 2.10. The number of ketones is 1. The van der Waals surface area contributed by atoms with Crippen LogP contribution in [0.3, 0.4) is 0 Å². The summed E-state index contributed by atoms with van der Waals surface area (Å²) in [4.78, 5) is 38.8. The van der Waals surface area contributed by atoms with Gasteiger partial charge < -0.3 is 20.4 Å². The van der Waals surface area contributed by atoms with Crippen molar-refractivity contribution in [2.24, 2.45) is 0 Å². The zero-order chi connectivity index (χ0) is 17.6. The molecule has 0 saturated carbocycles. The SMILES string of the molecule is CC(=O)c1cc(NC(=O)CN(C)C)cc(NC(=O)CN(C)C)c1. The number of benzene rings is 1. The Kier molecular flexibility index (Phi) is 6.87. The number of amides is 2. The first-order valence-corrected chi connectivity index (χ1v) is 7.22. The summed E-state index contributed by atoms with van der Waals surface area (Å²) in [5.41, 5.74) is 1.38. The Morgan fingerprint density at radius 2 is 1.22 bits per heavy atom. The van der Waals surface area contributed by atoms with E-state index in [-0.39, 0.29) is 30.7 Å². The largest absolute Gasteiger partial charge is 0.325 e. The van der Waals surface area contributed by atoms with E-state index >= 15 is 0 Å². The van der Waals surface area contributed by atoms with E-state index in [0.29, 0.717) is 16.9 Å². The third kappa shape index (κ3) is 7.03. The van der Waals surface area contributed by atoms with Gasteiger partial charge in [0.15, 0.2) is 5.78 Å². The minimum atomic E-state index is -0.193. The molecule has 0 aliphatic heterocycles. The van der Waals surface area contributed by atoms with Crippen LogP contribution in [0.1, 0.15) is 17.3 Å². The molecule has 0 heterocycles. The van der Waals surface area contributed by atoms with Gasteiger partial charge in [-0.3, -0.25) is 14.4 Å². The molecule has 0 bridgehead atoms. The molecule has 1 aromatic rings. The number of anilines is 2. The number of hydrogen-bond acceptors (Lipinski definition) is 5. The third-order valence-electron chi connectivity index (χ3n) is 2.83. The fourth-order valence-corrected chi connectivity index (χ4v) is 1.95. The van der Waals surface area contributed by atoms with E-state index in [1.54, 1.807) is 56.2 Å². The van der Waals surface area contributed by atoms with Crippen LogP contribution in [0, 0.1) is 0 Å². The van der Waals surface area contributed by atoms with Crippen molar-refractivity contribution in [1.82, 2.24) is 9.80 Å². The average molecular weight is 320 g/mol. The second kappa shape index (κ2) is 8.40. The number of Topliss-reactive ketones (excluding diaryl/α,β-unsaturated/α-hetero) is 1. The highest BCUT2D eigenvalue weighted by atomic mass is 16.2. The van der Waals surface area contributed by atoms with Crippen LogP contribution in [0.4, 0.5) is 11.4 Å². The topological polar surface area (TPSA) is 81.8 Å². The smallest absolute Gasteiger partial charge is 0.238 e. The highest BCUT2D eigenvalue weighted by molar-refractivity contribution is 6.00. The van der Waals surface area contributed by atoms with Gasteiger partial charge in [0.25, 0.3) is 0 Å². The van der Waals surface area contributed by atoms with E-state index in [1.165, 1.54) is 6.92 Å². The number of carbonyl (C=O) groups excluding carboxylic acids is 3. The van der Waals surface area contributed by atoms with Crippen LogP contribution in [0.5, 0.6) is 0 Å². The van der Waals surface area contributed by atoms with Gasteiger partial charge in [0.05, 0.1) is 13.1 Å². The Hall–Kier alpha value is -2.25. The van der Waals surface area contributed by atoms with E-state index in [4.69, 9.17) is 0 Å². The molecule has 126 valence electrons. The standard InChI is InChI=1S/C16H24N4O3/c1-11(21)12-6-13(17-15(22)9-19(2)3)8-14(7-12)18-16(23)10-20(4)5/h6-8H,9-10H2,1-5H3,(H,17,22)(H,18,23). The monoisotopic (exact) mass is 320 g/mol. The van der Waals surface area contributed by atoms with Gasteiger partial charge in [-0.15, -0.1) is 0 Å². The molecule has 0 aliphatic rings. The zero-order valence-electron chi connectivity index (χ0n) is 14.3. The van der Waals surface area contributed by atoms with Crippen LogP contribution in [0.25, 0.3) is 0 Å². The van der Waals surface area contributed by atoms with Crippen molar-refractivity contribution in [3.05, 3.63) is 23.8 Å². The Labute approximate surface area is 136 Å². The summed E-state index contributed by atoms with van der Waals surface area (Å²) in [6, 6.07) is 4.82. The maximum Gasteiger partial charge on any atom is 0.238 e. The van der Waals surface area contributed by atoms with Crippen LogP contribution in [-0.2, 0) is 9.59 Å². The van der Waals surface area contributed by atoms with Crippen molar-refractivity contribution in [1.29, 1.82) is 0 Å². The van der Waals surface area contributed by atoms with E-state index in [1.807, 2.05) is 0 Å². The number of hydrogen-bond donors (Lipinski definition) is 2. The minimum Gasteiger partial charge on any atom is -0.325 e. The van der Waals surface area contributed by atoms with E-state index < -0.39 is 0 Å². The predicted molar refractivity (Wildman–Crippen MR) is 90.8 cm³/mol. The first kappa shape index (κ1) is 18.8. The van der Waals surface area contributed by atoms with E-state index in [9.17, 15) is 14.4 Å². The molecular weight excluding hydrogens is 296 g/mol. The molecule has 0 fully saturated rings. The highest BCUT2D eigenvalue weighted by Crippen LogP contribution is 2.20. The first-order chi connectivity index (χ1) is 10.7. The molecule has 0 unspecified atom stereocenters. The summed E-state index contributed by atoms with van der Waals surface area (Å²) in [5.74, 6) is -0.528. The first-order valence-electron chi connectivity index (χ1n) is 7.22. The lowest BCUT2D eigenvalue weighted by Crippen LogP contribution is -2.28. The molecule has 1 aromatic carbocycles. The molecule has 1 rings (SSSR count). The molecule has 0 aromatic heterocycles. The molecule has 0 aliphatic carbocycles. The number of rotatable bonds is 7. The lowest BCUT2D eigenvalue weighted by Gasteiger charge is -2.14. The lowest BCUT2D eigenvalue weighted by atomic mass is 10.1. The van der Waals surface area contributed by atoms with Crippen molar-refractivity contribution in [3.63, 3.8) is 0 Å². The average Bonchev–Trinajstić information content (AvgIpc) is 2.35. The molecule has 2 N–H and O–H groups in total. The van der Waals surface area contributed by atoms with Gasteiger partial charge in [-0.2, -0.15) is 0 Å². The zero-order valence-corrected chi connectivity index (χ0v) is 14.3. The maximum atomic E-state index is 11.9. The fraction of sp³-hybridized carbons (Fsp3) is 0.438. The number of nitrogens with zero attached hydrogens (tertiary/aromatic N) is 2. The molecular formula is C16H24N4O3. The van der Waals surface area contributed by atoms with Crippen molar-refractivity contribution in [3.8, 4) is 0 Å². The van der Waals surface area contributed by atoms with Gasteiger partial charge in [-0.25, -0.2) is 0 Å². The quantitative estimate of drug-likeness (QED) is 0.729. The van der Waals surface area contributed by atoms with Crippen LogP contribution in [0.2, 0.25) is 0 Å². The maximum absolute atomic E-state index is 11.9. The summed E-state index contributed by atoms with van der Waals surface area (Å²) < 4.78 is 0. The van der Waals surface area contributed by atoms with Crippen LogP contribution < -0.4 is 10.6 Å². The van der Waals surface area contributed by atoms with Gasteiger partial charge >= 0.3 is 0 Å². The number of nitrogens with one attached hydrogen (secondary N) is 2. The molecule has 2 amide bonds. The summed E-state index contributed by atoms with van der Waals surface area (Å²) in [7, 11) is 7.16. The Morgan fingerprint density at radius 3 is 1.52 bits per heavy atom. The van der Waals surface area contributed by atoms with Crippen molar-refractivity contribution < 1.29 is 14.4 Å². The second-order valence-electron chi connectivity index (χ2n) is 5.93.